The van der Waals surface area contributed by atoms with Gasteiger partial charge < -0.3 is 25.5 Å². The number of carbonyl (C=O) groups excluding carboxylic acids is 2. The summed E-state index contributed by atoms with van der Waals surface area (Å²) in [5, 5.41) is 4.58. The van der Waals surface area contributed by atoms with Crippen molar-refractivity contribution in [2.75, 3.05) is 19.6 Å². The zero-order valence-corrected chi connectivity index (χ0v) is 24.0. The van der Waals surface area contributed by atoms with Gasteiger partial charge >= 0.3 is 0 Å². The van der Waals surface area contributed by atoms with Crippen LogP contribution in [0.25, 0.3) is 22.0 Å². The van der Waals surface area contributed by atoms with E-state index < -0.39 is 0 Å². The Hall–Kier alpha value is -3.88. The molecule has 0 radical (unpaired) electrons. The summed E-state index contributed by atoms with van der Waals surface area (Å²) in [6.45, 7) is 4.02. The summed E-state index contributed by atoms with van der Waals surface area (Å²) >= 11 is 6.54. The molecule has 4 N–H and O–H groups in total. The van der Waals surface area contributed by atoms with E-state index in [9.17, 15) is 14.4 Å². The van der Waals surface area contributed by atoms with Gasteiger partial charge in [0, 0.05) is 85.4 Å². The molecule has 0 bridgehead atoms. The summed E-state index contributed by atoms with van der Waals surface area (Å²) in [7, 11) is 0. The van der Waals surface area contributed by atoms with Crippen LogP contribution in [0.4, 0.5) is 0 Å². The summed E-state index contributed by atoms with van der Waals surface area (Å²) in [4.78, 5) is 41.0. The highest BCUT2D eigenvalue weighted by Crippen LogP contribution is 2.34. The van der Waals surface area contributed by atoms with Gasteiger partial charge in [-0.2, -0.15) is 0 Å². The molecule has 0 spiro atoms. The first kappa shape index (κ1) is 28.6. The Labute approximate surface area is 244 Å². The highest BCUT2D eigenvalue weighted by molar-refractivity contribution is 6.35. The number of amides is 2. The number of aromatic amines is 1. The SMILES string of the molecule is CC(=O)NCCn1c(C2CCCN(C(=O)CC(N)Cc3ccc(-c4cc[nH]c(=O)c4)cc3)C2)cc2c(Cl)cccc21. The van der Waals surface area contributed by atoms with Crippen molar-refractivity contribution < 1.29 is 9.59 Å². The lowest BCUT2D eigenvalue weighted by molar-refractivity contribution is -0.132. The first-order chi connectivity index (χ1) is 19.8. The van der Waals surface area contributed by atoms with Gasteiger partial charge in [-0.25, -0.2) is 0 Å². The number of nitrogens with two attached hydrogens (primary N) is 1. The fourth-order valence-corrected chi connectivity index (χ4v) is 6.06. The number of H-pyrrole nitrogens is 1. The number of hydrogen-bond acceptors (Lipinski definition) is 4. The minimum absolute atomic E-state index is 0.0597. The number of rotatable bonds is 9. The number of hydrogen-bond donors (Lipinski definition) is 3. The maximum Gasteiger partial charge on any atom is 0.248 e. The Morgan fingerprint density at radius 2 is 1.93 bits per heavy atom. The molecule has 4 aromatic rings. The Morgan fingerprint density at radius 1 is 1.12 bits per heavy atom. The maximum absolute atomic E-state index is 13.3. The van der Waals surface area contributed by atoms with E-state index in [1.54, 1.807) is 12.3 Å². The minimum atomic E-state index is -0.295. The Balaban J connectivity index is 1.24. The molecule has 8 nitrogen and oxygen atoms in total. The monoisotopic (exact) mass is 573 g/mol. The number of benzene rings is 2. The van der Waals surface area contributed by atoms with Crippen LogP contribution in [0.2, 0.25) is 5.02 Å². The van der Waals surface area contributed by atoms with Gasteiger partial charge in [0.1, 0.15) is 0 Å². The van der Waals surface area contributed by atoms with Gasteiger partial charge in [-0.15, -0.1) is 0 Å². The fourth-order valence-electron chi connectivity index (χ4n) is 5.83. The van der Waals surface area contributed by atoms with E-state index in [-0.39, 0.29) is 35.8 Å². The second-order valence-electron chi connectivity index (χ2n) is 10.9. The van der Waals surface area contributed by atoms with E-state index in [2.05, 4.69) is 27.0 Å². The van der Waals surface area contributed by atoms with E-state index in [1.165, 1.54) is 6.92 Å². The van der Waals surface area contributed by atoms with Gasteiger partial charge in [0.2, 0.25) is 17.4 Å². The number of piperidine rings is 1. The van der Waals surface area contributed by atoms with Crippen LogP contribution < -0.4 is 16.6 Å². The molecule has 1 fully saturated rings. The fraction of sp³-hybridized carbons (Fsp3) is 0.344. The van der Waals surface area contributed by atoms with Gasteiger partial charge in [-0.3, -0.25) is 14.4 Å². The molecule has 1 aliphatic rings. The lowest BCUT2D eigenvalue weighted by Crippen LogP contribution is -2.42. The molecule has 5 rings (SSSR count). The van der Waals surface area contributed by atoms with E-state index >= 15 is 0 Å². The highest BCUT2D eigenvalue weighted by Gasteiger charge is 2.28. The molecule has 1 aliphatic heterocycles. The van der Waals surface area contributed by atoms with Crippen molar-refractivity contribution in [2.24, 2.45) is 5.73 Å². The van der Waals surface area contributed by atoms with Gasteiger partial charge in [0.05, 0.1) is 0 Å². The minimum Gasteiger partial charge on any atom is -0.355 e. The number of fused-ring (bicyclic) bond motifs is 1. The third kappa shape index (κ3) is 6.89. The third-order valence-electron chi connectivity index (χ3n) is 7.82. The van der Waals surface area contributed by atoms with Crippen molar-refractivity contribution in [2.45, 2.75) is 51.1 Å². The number of pyridine rings is 1. The number of halogens is 1. The van der Waals surface area contributed by atoms with Crippen LogP contribution in [0.15, 0.2) is 71.7 Å². The van der Waals surface area contributed by atoms with Crippen molar-refractivity contribution >= 4 is 34.3 Å². The summed E-state index contributed by atoms with van der Waals surface area (Å²) in [5.74, 6) is 0.180. The van der Waals surface area contributed by atoms with Crippen LogP contribution in [0, 0.1) is 0 Å². The van der Waals surface area contributed by atoms with Gasteiger partial charge in [0.15, 0.2) is 0 Å². The van der Waals surface area contributed by atoms with Crippen LogP contribution >= 0.6 is 11.6 Å². The summed E-state index contributed by atoms with van der Waals surface area (Å²) in [6, 6.07) is 19.1. The lowest BCUT2D eigenvalue weighted by atomic mass is 9.93. The average molecular weight is 574 g/mol. The number of nitrogens with one attached hydrogen (secondary N) is 2. The van der Waals surface area contributed by atoms with Crippen LogP contribution in [0.1, 0.15) is 43.4 Å². The molecule has 2 aromatic carbocycles. The van der Waals surface area contributed by atoms with Crippen LogP contribution in [-0.4, -0.2) is 51.9 Å². The van der Waals surface area contributed by atoms with Crippen molar-refractivity contribution in [3.63, 3.8) is 0 Å². The van der Waals surface area contributed by atoms with E-state index in [1.807, 2.05) is 47.4 Å². The topological polar surface area (TPSA) is 113 Å². The van der Waals surface area contributed by atoms with Crippen molar-refractivity contribution in [3.8, 4) is 11.1 Å². The second-order valence-corrected chi connectivity index (χ2v) is 11.3. The quantitative estimate of drug-likeness (QED) is 0.274. The van der Waals surface area contributed by atoms with E-state index in [4.69, 9.17) is 17.3 Å². The van der Waals surface area contributed by atoms with Gasteiger partial charge in [0.25, 0.3) is 0 Å². The molecule has 9 heteroatoms. The zero-order valence-electron chi connectivity index (χ0n) is 23.2. The highest BCUT2D eigenvalue weighted by atomic mass is 35.5. The van der Waals surface area contributed by atoms with Crippen LogP contribution in [0.3, 0.4) is 0 Å². The molecule has 2 atom stereocenters. The molecule has 2 unspecified atom stereocenters. The molecule has 2 amide bonds. The Morgan fingerprint density at radius 3 is 2.68 bits per heavy atom. The molecule has 214 valence electrons. The molecule has 2 aromatic heterocycles. The number of nitrogens with zero attached hydrogens (tertiary/aromatic N) is 2. The van der Waals surface area contributed by atoms with E-state index in [0.717, 1.165) is 52.7 Å². The predicted molar refractivity (Wildman–Crippen MR) is 163 cm³/mol. The Bertz CT molecular complexity index is 1590. The molecule has 1 saturated heterocycles. The smallest absolute Gasteiger partial charge is 0.248 e. The number of carbonyl (C=O) groups is 2. The molecule has 0 aliphatic carbocycles. The Kier molecular flexibility index (Phi) is 8.90. The van der Waals surface area contributed by atoms with Gasteiger partial charge in [-0.1, -0.05) is 41.9 Å². The lowest BCUT2D eigenvalue weighted by Gasteiger charge is -2.34. The van der Waals surface area contributed by atoms with Crippen molar-refractivity contribution in [1.29, 1.82) is 0 Å². The molecular weight excluding hydrogens is 538 g/mol. The second kappa shape index (κ2) is 12.7. The normalized spacial score (nSPS) is 16.1. The molecular formula is C32H36ClN5O3. The average Bonchev–Trinajstić information content (AvgIpc) is 3.33. The maximum atomic E-state index is 13.3. The standard InChI is InChI=1S/C32H36ClN5O3/c1-21(39)35-13-15-38-29-6-2-5-28(33)27(29)19-30(38)25-4-3-14-37(20-25)32(41)18-26(34)16-22-7-9-23(10-8-22)24-11-12-36-31(40)17-24/h2,5-12,17,19,25-26H,3-4,13-16,18,20,34H2,1H3,(H,35,39)(H,36,40). The first-order valence-corrected chi connectivity index (χ1v) is 14.5. The van der Waals surface area contributed by atoms with Crippen molar-refractivity contribution in [3.05, 3.63) is 93.5 Å². The predicted octanol–water partition coefficient (Wildman–Crippen LogP) is 4.45. The van der Waals surface area contributed by atoms with Gasteiger partial charge in [-0.05, 0) is 60.2 Å². The molecule has 41 heavy (non-hydrogen) atoms. The molecule has 3 heterocycles. The zero-order chi connectivity index (χ0) is 28.9. The first-order valence-electron chi connectivity index (χ1n) is 14.1. The summed E-state index contributed by atoms with van der Waals surface area (Å²) in [6.07, 6.45) is 4.40. The number of likely N-dealkylation sites (tertiary alicyclic amines) is 1. The van der Waals surface area contributed by atoms with Crippen LogP contribution in [0.5, 0.6) is 0 Å². The third-order valence-corrected chi connectivity index (χ3v) is 8.15. The summed E-state index contributed by atoms with van der Waals surface area (Å²) < 4.78 is 2.23. The van der Waals surface area contributed by atoms with Crippen LogP contribution in [-0.2, 0) is 22.6 Å². The largest absolute Gasteiger partial charge is 0.355 e. The number of aromatic nitrogens is 2. The summed E-state index contributed by atoms with van der Waals surface area (Å²) in [5.41, 5.74) is 11.4. The molecule has 0 saturated carbocycles. The van der Waals surface area contributed by atoms with Crippen molar-refractivity contribution in [1.82, 2.24) is 19.8 Å². The van der Waals surface area contributed by atoms with E-state index in [0.29, 0.717) is 31.1 Å².